The molecule has 4 rings (SSSR count). The molecule has 1 fully saturated rings. The maximum Gasteiger partial charge on any atom is 0.335 e. The number of methoxy groups -OCH3 is 1. The Bertz CT molecular complexity index is 1150. The standard InChI is InChI=1S/C25H28N4O5/c1-3-24(30)34-21-8-5-4-7-19(21)28-25-18-15-22(31-2)23(16-20(18)26-17-27-25)33-12-6-9-29-10-13-32-14-11-29/h3-5,7-8,15-17H,1,6,9-14H2,2H3,(H,26,27,28). The summed E-state index contributed by atoms with van der Waals surface area (Å²) in [4.78, 5) is 22.8. The first-order valence-electron chi connectivity index (χ1n) is 11.1. The zero-order valence-electron chi connectivity index (χ0n) is 19.2. The number of morpholine rings is 1. The summed E-state index contributed by atoms with van der Waals surface area (Å²) >= 11 is 0. The number of para-hydroxylation sites is 2. The van der Waals surface area contributed by atoms with E-state index in [0.29, 0.717) is 40.9 Å². The molecule has 9 heteroatoms. The average molecular weight is 465 g/mol. The van der Waals surface area contributed by atoms with E-state index in [4.69, 9.17) is 18.9 Å². The average Bonchev–Trinajstić information content (AvgIpc) is 2.88. The summed E-state index contributed by atoms with van der Waals surface area (Å²) < 4.78 is 22.3. The van der Waals surface area contributed by atoms with Gasteiger partial charge in [-0.2, -0.15) is 0 Å². The minimum Gasteiger partial charge on any atom is -0.493 e. The van der Waals surface area contributed by atoms with Gasteiger partial charge in [0.15, 0.2) is 17.2 Å². The fourth-order valence-corrected chi connectivity index (χ4v) is 3.67. The Kier molecular flexibility index (Phi) is 7.90. The summed E-state index contributed by atoms with van der Waals surface area (Å²) in [6.45, 7) is 8.47. The number of carbonyl (C=O) groups excluding carboxylic acids is 1. The van der Waals surface area contributed by atoms with Crippen LogP contribution in [0.1, 0.15) is 6.42 Å². The predicted octanol–water partition coefficient (Wildman–Crippen LogP) is 3.57. The van der Waals surface area contributed by atoms with Crippen LogP contribution in [0.5, 0.6) is 17.2 Å². The Labute approximate surface area is 198 Å². The van der Waals surface area contributed by atoms with Crippen molar-refractivity contribution < 1.29 is 23.7 Å². The van der Waals surface area contributed by atoms with Crippen molar-refractivity contribution in [3.63, 3.8) is 0 Å². The number of carbonyl (C=O) groups is 1. The third kappa shape index (κ3) is 5.81. The van der Waals surface area contributed by atoms with Gasteiger partial charge in [0.05, 0.1) is 38.1 Å². The molecule has 0 radical (unpaired) electrons. The highest BCUT2D eigenvalue weighted by atomic mass is 16.5. The number of hydrogen-bond donors (Lipinski definition) is 1. The van der Waals surface area contributed by atoms with Crippen LogP contribution in [0.4, 0.5) is 11.5 Å². The van der Waals surface area contributed by atoms with Crippen molar-refractivity contribution in [1.82, 2.24) is 14.9 Å². The highest BCUT2D eigenvalue weighted by Gasteiger charge is 2.15. The van der Waals surface area contributed by atoms with Gasteiger partial charge in [-0.1, -0.05) is 18.7 Å². The zero-order chi connectivity index (χ0) is 23.8. The van der Waals surface area contributed by atoms with E-state index in [2.05, 4.69) is 26.8 Å². The summed E-state index contributed by atoms with van der Waals surface area (Å²) in [5.74, 6) is 1.58. The summed E-state index contributed by atoms with van der Waals surface area (Å²) in [7, 11) is 1.60. The van der Waals surface area contributed by atoms with Crippen molar-refractivity contribution in [2.75, 3.05) is 51.9 Å². The Morgan fingerprint density at radius 3 is 2.79 bits per heavy atom. The van der Waals surface area contributed by atoms with E-state index >= 15 is 0 Å². The molecule has 0 atom stereocenters. The molecule has 0 spiro atoms. The topological polar surface area (TPSA) is 95.0 Å². The fraction of sp³-hybridized carbons (Fsp3) is 0.320. The molecule has 0 aliphatic carbocycles. The molecular weight excluding hydrogens is 436 g/mol. The molecule has 2 aromatic carbocycles. The van der Waals surface area contributed by atoms with Crippen LogP contribution in [0.2, 0.25) is 0 Å². The molecule has 3 aromatic rings. The van der Waals surface area contributed by atoms with Gasteiger partial charge < -0.3 is 24.3 Å². The van der Waals surface area contributed by atoms with Crippen molar-refractivity contribution >= 4 is 28.4 Å². The minimum absolute atomic E-state index is 0.367. The van der Waals surface area contributed by atoms with E-state index in [1.165, 1.54) is 6.33 Å². The second-order valence-electron chi connectivity index (χ2n) is 7.64. The molecule has 0 unspecified atom stereocenters. The first-order chi connectivity index (χ1) is 16.7. The third-order valence-electron chi connectivity index (χ3n) is 5.42. The van der Waals surface area contributed by atoms with E-state index in [-0.39, 0.29) is 0 Å². The van der Waals surface area contributed by atoms with Gasteiger partial charge in [-0.3, -0.25) is 4.90 Å². The fourth-order valence-electron chi connectivity index (χ4n) is 3.67. The van der Waals surface area contributed by atoms with Crippen LogP contribution in [0, 0.1) is 0 Å². The molecule has 0 saturated carbocycles. The Hall–Kier alpha value is -3.69. The SMILES string of the molecule is C=CC(=O)Oc1ccccc1Nc1ncnc2cc(OCCCN3CCOCC3)c(OC)cc12. The monoisotopic (exact) mass is 464 g/mol. The molecule has 34 heavy (non-hydrogen) atoms. The van der Waals surface area contributed by atoms with Crippen LogP contribution in [-0.2, 0) is 9.53 Å². The van der Waals surface area contributed by atoms with Crippen molar-refractivity contribution in [3.8, 4) is 17.2 Å². The molecule has 2 heterocycles. The number of anilines is 2. The lowest BCUT2D eigenvalue weighted by Crippen LogP contribution is -2.37. The lowest BCUT2D eigenvalue weighted by Gasteiger charge is -2.26. The number of nitrogens with zero attached hydrogens (tertiary/aromatic N) is 3. The Morgan fingerprint density at radius 1 is 1.18 bits per heavy atom. The number of esters is 1. The smallest absolute Gasteiger partial charge is 0.335 e. The molecule has 178 valence electrons. The largest absolute Gasteiger partial charge is 0.493 e. The van der Waals surface area contributed by atoms with E-state index in [9.17, 15) is 4.79 Å². The van der Waals surface area contributed by atoms with E-state index in [0.717, 1.165) is 50.7 Å². The highest BCUT2D eigenvalue weighted by Crippen LogP contribution is 2.36. The van der Waals surface area contributed by atoms with Crippen molar-refractivity contribution in [2.24, 2.45) is 0 Å². The van der Waals surface area contributed by atoms with Gasteiger partial charge in [-0.05, 0) is 24.6 Å². The van der Waals surface area contributed by atoms with Crippen molar-refractivity contribution in [3.05, 3.63) is 55.4 Å². The van der Waals surface area contributed by atoms with Crippen LogP contribution >= 0.6 is 0 Å². The number of ether oxygens (including phenoxy) is 4. The van der Waals surface area contributed by atoms with E-state index < -0.39 is 5.97 Å². The first-order valence-corrected chi connectivity index (χ1v) is 11.1. The maximum absolute atomic E-state index is 11.7. The van der Waals surface area contributed by atoms with Gasteiger partial charge in [-0.25, -0.2) is 14.8 Å². The van der Waals surface area contributed by atoms with Crippen LogP contribution in [0.25, 0.3) is 10.9 Å². The highest BCUT2D eigenvalue weighted by molar-refractivity contribution is 5.94. The summed E-state index contributed by atoms with van der Waals surface area (Å²) in [5.41, 5.74) is 1.28. The summed E-state index contributed by atoms with van der Waals surface area (Å²) in [6.07, 6.45) is 3.49. The van der Waals surface area contributed by atoms with Crippen LogP contribution < -0.4 is 19.5 Å². The zero-order valence-corrected chi connectivity index (χ0v) is 19.2. The van der Waals surface area contributed by atoms with Gasteiger partial charge in [-0.15, -0.1) is 0 Å². The second kappa shape index (κ2) is 11.4. The first kappa shape index (κ1) is 23.5. The lowest BCUT2D eigenvalue weighted by molar-refractivity contribution is -0.128. The van der Waals surface area contributed by atoms with Crippen LogP contribution in [0.3, 0.4) is 0 Å². The van der Waals surface area contributed by atoms with Crippen molar-refractivity contribution in [1.29, 1.82) is 0 Å². The van der Waals surface area contributed by atoms with Crippen molar-refractivity contribution in [2.45, 2.75) is 6.42 Å². The quantitative estimate of drug-likeness (QED) is 0.209. The number of hydrogen-bond acceptors (Lipinski definition) is 9. The van der Waals surface area contributed by atoms with Gasteiger partial charge in [0.2, 0.25) is 0 Å². The molecule has 1 N–H and O–H groups in total. The van der Waals surface area contributed by atoms with E-state index in [1.807, 2.05) is 18.2 Å². The van der Waals surface area contributed by atoms with Crippen LogP contribution in [-0.4, -0.2) is 67.4 Å². The maximum atomic E-state index is 11.7. The molecule has 1 aromatic heterocycles. The number of rotatable bonds is 10. The number of fused-ring (bicyclic) bond motifs is 1. The Balaban J connectivity index is 1.51. The van der Waals surface area contributed by atoms with Gasteiger partial charge in [0, 0.05) is 37.2 Å². The molecule has 0 amide bonds. The molecule has 0 bridgehead atoms. The van der Waals surface area contributed by atoms with Gasteiger partial charge in [0.25, 0.3) is 0 Å². The minimum atomic E-state index is -0.543. The second-order valence-corrected chi connectivity index (χ2v) is 7.64. The summed E-state index contributed by atoms with van der Waals surface area (Å²) in [6, 6.07) is 10.8. The molecule has 9 nitrogen and oxygen atoms in total. The van der Waals surface area contributed by atoms with E-state index in [1.54, 1.807) is 25.3 Å². The summed E-state index contributed by atoms with van der Waals surface area (Å²) in [5, 5.41) is 3.97. The Morgan fingerprint density at radius 2 is 2.00 bits per heavy atom. The van der Waals surface area contributed by atoms with Gasteiger partial charge >= 0.3 is 5.97 Å². The van der Waals surface area contributed by atoms with Gasteiger partial charge in [0.1, 0.15) is 12.1 Å². The molecule has 1 aliphatic rings. The predicted molar refractivity (Wildman–Crippen MR) is 129 cm³/mol. The molecule has 1 aliphatic heterocycles. The lowest BCUT2D eigenvalue weighted by atomic mass is 10.2. The number of benzene rings is 2. The molecular formula is C25H28N4O5. The molecule has 1 saturated heterocycles. The van der Waals surface area contributed by atoms with Crippen LogP contribution in [0.15, 0.2) is 55.4 Å². The number of aromatic nitrogens is 2. The normalized spacial score (nSPS) is 13.9. The third-order valence-corrected chi connectivity index (χ3v) is 5.42. The number of nitrogens with one attached hydrogen (secondary N) is 1.